The Hall–Kier alpha value is -0.510. The van der Waals surface area contributed by atoms with Crippen LogP contribution >= 0.6 is 16.1 Å². The normalized spacial score (nSPS) is 18.6. The zero-order valence-corrected chi connectivity index (χ0v) is 5.80. The second-order valence-corrected chi connectivity index (χ2v) is 2.39. The molecule has 0 amide bonds. The van der Waals surface area contributed by atoms with E-state index >= 15 is 0 Å². The summed E-state index contributed by atoms with van der Waals surface area (Å²) < 4.78 is 1.79. The fourth-order valence-corrected chi connectivity index (χ4v) is 0.812. The Morgan fingerprint density at radius 2 is 2.62 bits per heavy atom. The first-order valence-corrected chi connectivity index (χ1v) is 2.91. The van der Waals surface area contributed by atoms with Crippen molar-refractivity contribution >= 4 is 22.0 Å². The molecule has 0 spiro atoms. The zero-order chi connectivity index (χ0) is 5.98. The number of nitrogens with zero attached hydrogens (tertiary/aromatic N) is 2. The van der Waals surface area contributed by atoms with Crippen LogP contribution in [0.4, 0.5) is 0 Å². The molecule has 1 aliphatic heterocycles. The molecule has 0 aliphatic carbocycles. The summed E-state index contributed by atoms with van der Waals surface area (Å²) in [5, 5.41) is 0. The van der Waals surface area contributed by atoms with Gasteiger partial charge in [-0.15, -0.1) is 0 Å². The maximum Gasteiger partial charge on any atom is 0.120 e. The molecule has 0 fully saturated rings. The second kappa shape index (κ2) is 2.17. The molecule has 0 radical (unpaired) electrons. The van der Waals surface area contributed by atoms with Gasteiger partial charge in [-0.05, 0) is 0 Å². The number of aliphatic imine (C=N–C) groups is 1. The number of rotatable bonds is 0. The summed E-state index contributed by atoms with van der Waals surface area (Å²) in [4.78, 5) is 3.82. The van der Waals surface area contributed by atoms with E-state index in [4.69, 9.17) is 5.73 Å². The van der Waals surface area contributed by atoms with Crippen LogP contribution in [0.15, 0.2) is 17.4 Å². The van der Waals surface area contributed by atoms with Crippen molar-refractivity contribution in [2.24, 2.45) is 10.7 Å². The summed E-state index contributed by atoms with van der Waals surface area (Å²) in [6.07, 6.45) is 3.45. The molecule has 0 aromatic carbocycles. The third-order valence-electron chi connectivity index (χ3n) is 0.782. The second-order valence-electron chi connectivity index (χ2n) is 1.48. The van der Waals surface area contributed by atoms with Crippen molar-refractivity contribution in [1.82, 2.24) is 3.93 Å². The molecule has 1 heterocycles. The van der Waals surface area contributed by atoms with E-state index in [1.54, 1.807) is 16.3 Å². The van der Waals surface area contributed by atoms with E-state index < -0.39 is 0 Å². The predicted octanol–water partition coefficient (Wildman–Crippen LogP) is 0.440. The van der Waals surface area contributed by atoms with Crippen molar-refractivity contribution in [3.8, 4) is 0 Å². The molecule has 8 heavy (non-hydrogen) atoms. The molecule has 1 rings (SSSR count). The number of amidine groups is 1. The topological polar surface area (TPSA) is 41.6 Å². The van der Waals surface area contributed by atoms with Crippen LogP contribution in [0.25, 0.3) is 0 Å². The van der Waals surface area contributed by atoms with Gasteiger partial charge in [0.1, 0.15) is 5.84 Å². The number of halogens is 1. The fourth-order valence-electron chi connectivity index (χ4n) is 0.450. The zero-order valence-electron chi connectivity index (χ0n) is 4.21. The molecule has 0 unspecified atom stereocenters. The van der Waals surface area contributed by atoms with Crippen LogP contribution in [-0.4, -0.2) is 16.3 Å². The number of hydrogen-bond acceptors (Lipinski definition) is 3. The Labute approximate surface area is 56.2 Å². The van der Waals surface area contributed by atoms with Gasteiger partial charge in [-0.2, -0.15) is 0 Å². The standard InChI is InChI=1S/C4H6BrN3/c5-8-2-1-7-4(6)3-8/h1-2H,3H2,(H2,6,7). The van der Waals surface area contributed by atoms with Crippen molar-refractivity contribution in [3.63, 3.8) is 0 Å². The minimum Gasteiger partial charge on any atom is -0.386 e. The number of hydrogen-bond donors (Lipinski definition) is 1. The molecule has 0 saturated heterocycles. The maximum atomic E-state index is 5.35. The van der Waals surface area contributed by atoms with Crippen molar-refractivity contribution < 1.29 is 0 Å². The van der Waals surface area contributed by atoms with E-state index in [1.165, 1.54) is 0 Å². The van der Waals surface area contributed by atoms with E-state index in [2.05, 4.69) is 21.1 Å². The lowest BCUT2D eigenvalue weighted by atomic mass is 10.5. The Kier molecular flexibility index (Phi) is 1.53. The van der Waals surface area contributed by atoms with Crippen molar-refractivity contribution in [2.45, 2.75) is 0 Å². The van der Waals surface area contributed by atoms with Crippen LogP contribution in [0.3, 0.4) is 0 Å². The first kappa shape index (κ1) is 5.62. The molecule has 2 N–H and O–H groups in total. The Morgan fingerprint density at radius 1 is 1.88 bits per heavy atom. The van der Waals surface area contributed by atoms with Crippen molar-refractivity contribution in [3.05, 3.63) is 12.4 Å². The van der Waals surface area contributed by atoms with Gasteiger partial charge in [0.2, 0.25) is 0 Å². The Bertz CT molecular complexity index is 140. The molecular weight excluding hydrogens is 170 g/mol. The summed E-state index contributed by atoms with van der Waals surface area (Å²) in [5.41, 5.74) is 5.35. The largest absolute Gasteiger partial charge is 0.386 e. The number of nitrogens with two attached hydrogens (primary N) is 1. The molecule has 0 atom stereocenters. The van der Waals surface area contributed by atoms with E-state index in [9.17, 15) is 0 Å². The summed E-state index contributed by atoms with van der Waals surface area (Å²) in [6, 6.07) is 0. The van der Waals surface area contributed by atoms with Crippen LogP contribution < -0.4 is 5.73 Å². The average molecular weight is 176 g/mol. The fraction of sp³-hybridized carbons (Fsp3) is 0.250. The van der Waals surface area contributed by atoms with Crippen LogP contribution in [0, 0.1) is 0 Å². The van der Waals surface area contributed by atoms with Gasteiger partial charge >= 0.3 is 0 Å². The van der Waals surface area contributed by atoms with Crippen LogP contribution in [0.5, 0.6) is 0 Å². The smallest absolute Gasteiger partial charge is 0.120 e. The molecular formula is C4H6BrN3. The van der Waals surface area contributed by atoms with Gasteiger partial charge in [0.25, 0.3) is 0 Å². The predicted molar refractivity (Wildman–Crippen MR) is 36.4 cm³/mol. The van der Waals surface area contributed by atoms with E-state index in [0.717, 1.165) is 0 Å². The van der Waals surface area contributed by atoms with Gasteiger partial charge in [-0.25, -0.2) is 4.99 Å². The van der Waals surface area contributed by atoms with Gasteiger partial charge in [0.05, 0.1) is 6.54 Å². The third-order valence-corrected chi connectivity index (χ3v) is 1.27. The van der Waals surface area contributed by atoms with Gasteiger partial charge in [-0.1, -0.05) is 0 Å². The lowest BCUT2D eigenvalue weighted by Gasteiger charge is -2.12. The maximum absolute atomic E-state index is 5.35. The van der Waals surface area contributed by atoms with Crippen molar-refractivity contribution in [2.75, 3.05) is 6.54 Å². The Morgan fingerprint density at radius 3 is 3.00 bits per heavy atom. The van der Waals surface area contributed by atoms with Crippen LogP contribution in [0.2, 0.25) is 0 Å². The molecule has 0 bridgehead atoms. The highest BCUT2D eigenvalue weighted by Crippen LogP contribution is 2.01. The lowest BCUT2D eigenvalue weighted by molar-refractivity contribution is 0.726. The Balaban J connectivity index is 2.59. The summed E-state index contributed by atoms with van der Waals surface area (Å²) in [7, 11) is 0. The molecule has 3 nitrogen and oxygen atoms in total. The molecule has 0 aromatic rings. The SMILES string of the molecule is NC1=NC=CN(Br)C1. The molecule has 0 aromatic heterocycles. The molecule has 4 heteroatoms. The lowest BCUT2D eigenvalue weighted by Crippen LogP contribution is -2.25. The van der Waals surface area contributed by atoms with E-state index in [-0.39, 0.29) is 0 Å². The monoisotopic (exact) mass is 175 g/mol. The molecule has 0 saturated carbocycles. The highest BCUT2D eigenvalue weighted by Gasteiger charge is 1.99. The van der Waals surface area contributed by atoms with Gasteiger partial charge in [-0.3, -0.25) is 0 Å². The van der Waals surface area contributed by atoms with Crippen LogP contribution in [0.1, 0.15) is 0 Å². The van der Waals surface area contributed by atoms with Crippen molar-refractivity contribution in [1.29, 1.82) is 0 Å². The highest BCUT2D eigenvalue weighted by molar-refractivity contribution is 9.07. The molecule has 1 aliphatic rings. The van der Waals surface area contributed by atoms with Crippen LogP contribution in [-0.2, 0) is 0 Å². The van der Waals surface area contributed by atoms with Gasteiger partial charge in [0.15, 0.2) is 0 Å². The van der Waals surface area contributed by atoms with Gasteiger partial charge < -0.3 is 9.66 Å². The highest BCUT2D eigenvalue weighted by atomic mass is 79.9. The quantitative estimate of drug-likeness (QED) is 0.544. The average Bonchev–Trinajstić information content (AvgIpc) is 1.64. The summed E-state index contributed by atoms with van der Waals surface area (Å²) >= 11 is 3.21. The minimum absolute atomic E-state index is 0.629. The van der Waals surface area contributed by atoms with Gasteiger partial charge in [0, 0.05) is 28.5 Å². The third kappa shape index (κ3) is 1.23. The summed E-state index contributed by atoms with van der Waals surface area (Å²) in [5.74, 6) is 0.629. The van der Waals surface area contributed by atoms with E-state index in [1.807, 2.05) is 0 Å². The minimum atomic E-state index is 0.629. The summed E-state index contributed by atoms with van der Waals surface area (Å²) in [6.45, 7) is 0.663. The molecule has 44 valence electrons. The first-order valence-electron chi connectivity index (χ1n) is 2.20. The van der Waals surface area contributed by atoms with E-state index in [0.29, 0.717) is 12.4 Å². The first-order chi connectivity index (χ1) is 3.79.